The Bertz CT molecular complexity index is 114. The van der Waals surface area contributed by atoms with Gasteiger partial charge in [0, 0.05) is 6.42 Å². The average molecular weight is 136 g/mol. The molecular weight excluding hydrogens is 120 g/mol. The Hall–Kier alpha value is -0.700. The summed E-state index contributed by atoms with van der Waals surface area (Å²) in [6.45, 7) is 2.19. The highest BCUT2D eigenvalue weighted by Gasteiger charge is 1.78. The van der Waals surface area contributed by atoms with Crippen molar-refractivity contribution in [2.75, 3.05) is 0 Å². The summed E-state index contributed by atoms with van der Waals surface area (Å²) in [5, 5.41) is 0. The number of terminal acetylenes is 1. The lowest BCUT2D eigenvalue weighted by atomic mass is 10.2. The summed E-state index contributed by atoms with van der Waals surface area (Å²) in [5.74, 6) is 2.62. The molecule has 0 atom stereocenters. The first kappa shape index (κ1) is 9.30. The van der Waals surface area contributed by atoms with E-state index in [0.717, 1.165) is 19.3 Å². The van der Waals surface area contributed by atoms with Crippen LogP contribution in [-0.4, -0.2) is 0 Å². The molecule has 0 saturated heterocycles. The van der Waals surface area contributed by atoms with Crippen molar-refractivity contribution in [1.82, 2.24) is 0 Å². The van der Waals surface area contributed by atoms with Gasteiger partial charge in [-0.3, -0.25) is 0 Å². The Labute approximate surface area is 64.3 Å². The van der Waals surface area contributed by atoms with E-state index in [1.807, 2.05) is 0 Å². The lowest BCUT2D eigenvalue weighted by molar-refractivity contribution is 0.873. The van der Waals surface area contributed by atoms with E-state index in [4.69, 9.17) is 6.42 Å². The van der Waals surface area contributed by atoms with Gasteiger partial charge in [-0.2, -0.15) is 0 Å². The minimum atomic E-state index is 0.913. The average Bonchev–Trinajstić information content (AvgIpc) is 1.97. The van der Waals surface area contributed by atoms with Crippen LogP contribution in [0.1, 0.15) is 39.0 Å². The molecular formula is C10H16. The van der Waals surface area contributed by atoms with Gasteiger partial charge < -0.3 is 0 Å². The maximum Gasteiger partial charge on any atom is 0.00890 e. The lowest BCUT2D eigenvalue weighted by Crippen LogP contribution is -1.68. The van der Waals surface area contributed by atoms with Crippen molar-refractivity contribution in [1.29, 1.82) is 0 Å². The fourth-order valence-electron chi connectivity index (χ4n) is 0.724. The molecule has 0 radical (unpaired) electrons. The van der Waals surface area contributed by atoms with E-state index in [1.54, 1.807) is 0 Å². The highest BCUT2D eigenvalue weighted by atomic mass is 13.8. The molecule has 0 saturated carbocycles. The summed E-state index contributed by atoms with van der Waals surface area (Å²) in [4.78, 5) is 0. The standard InChI is InChI=1S/C10H16/c1-3-5-7-9-10-8-6-4-2/h1,8,10H,4-7,9H2,2H3/b10-8+. The summed E-state index contributed by atoms with van der Waals surface area (Å²) < 4.78 is 0. The second-order valence-electron chi connectivity index (χ2n) is 2.36. The van der Waals surface area contributed by atoms with E-state index in [9.17, 15) is 0 Å². The molecule has 0 bridgehead atoms. The van der Waals surface area contributed by atoms with Crippen LogP contribution in [0.15, 0.2) is 12.2 Å². The fraction of sp³-hybridized carbons (Fsp3) is 0.600. The van der Waals surface area contributed by atoms with Crippen molar-refractivity contribution in [3.63, 3.8) is 0 Å². The molecule has 0 spiro atoms. The summed E-state index contributed by atoms with van der Waals surface area (Å²) >= 11 is 0. The third-order valence-corrected chi connectivity index (χ3v) is 1.31. The van der Waals surface area contributed by atoms with Crippen molar-refractivity contribution in [2.45, 2.75) is 39.0 Å². The van der Waals surface area contributed by atoms with Gasteiger partial charge in [-0.25, -0.2) is 0 Å². The molecule has 0 rings (SSSR count). The van der Waals surface area contributed by atoms with E-state index < -0.39 is 0 Å². The van der Waals surface area contributed by atoms with Crippen LogP contribution in [0.25, 0.3) is 0 Å². The van der Waals surface area contributed by atoms with Crippen LogP contribution in [0, 0.1) is 12.3 Å². The van der Waals surface area contributed by atoms with Gasteiger partial charge in [0.25, 0.3) is 0 Å². The van der Waals surface area contributed by atoms with Crippen molar-refractivity contribution >= 4 is 0 Å². The molecule has 0 unspecified atom stereocenters. The van der Waals surface area contributed by atoms with Crippen LogP contribution in [0.3, 0.4) is 0 Å². The number of rotatable bonds is 5. The van der Waals surface area contributed by atoms with E-state index in [-0.39, 0.29) is 0 Å². The zero-order chi connectivity index (χ0) is 7.66. The molecule has 0 fully saturated rings. The third kappa shape index (κ3) is 7.30. The van der Waals surface area contributed by atoms with Crippen LogP contribution in [0.4, 0.5) is 0 Å². The van der Waals surface area contributed by atoms with Crippen molar-refractivity contribution in [3.8, 4) is 12.3 Å². The maximum atomic E-state index is 5.10. The second kappa shape index (κ2) is 8.30. The quantitative estimate of drug-likeness (QED) is 0.309. The summed E-state index contributed by atoms with van der Waals surface area (Å²) in [5.41, 5.74) is 0. The van der Waals surface area contributed by atoms with E-state index in [2.05, 4.69) is 25.0 Å². The highest BCUT2D eigenvalue weighted by Crippen LogP contribution is 1.96. The number of unbranched alkanes of at least 4 members (excludes halogenated alkanes) is 3. The van der Waals surface area contributed by atoms with Crippen LogP contribution in [0.5, 0.6) is 0 Å². The number of hydrogen-bond acceptors (Lipinski definition) is 0. The van der Waals surface area contributed by atoms with Crippen LogP contribution < -0.4 is 0 Å². The SMILES string of the molecule is C#CCCC/C=C/CCC. The third-order valence-electron chi connectivity index (χ3n) is 1.31. The molecule has 0 nitrogen and oxygen atoms in total. The Morgan fingerprint density at radius 3 is 2.60 bits per heavy atom. The van der Waals surface area contributed by atoms with E-state index >= 15 is 0 Å². The van der Waals surface area contributed by atoms with Gasteiger partial charge in [-0.15, -0.1) is 12.3 Å². The smallest absolute Gasteiger partial charge is 0.00890 e. The molecule has 0 aliphatic rings. The first-order valence-electron chi connectivity index (χ1n) is 4.00. The predicted molar refractivity (Wildman–Crippen MR) is 46.7 cm³/mol. The normalized spacial score (nSPS) is 10.0. The molecule has 0 heteroatoms. The number of hydrogen-bond donors (Lipinski definition) is 0. The van der Waals surface area contributed by atoms with Gasteiger partial charge in [0.05, 0.1) is 0 Å². The summed E-state index contributed by atoms with van der Waals surface area (Å²) in [6, 6.07) is 0. The summed E-state index contributed by atoms with van der Waals surface area (Å²) in [6.07, 6.45) is 15.2. The minimum absolute atomic E-state index is 0.913. The van der Waals surface area contributed by atoms with Crippen LogP contribution in [0.2, 0.25) is 0 Å². The molecule has 0 amide bonds. The van der Waals surface area contributed by atoms with Gasteiger partial charge in [0.15, 0.2) is 0 Å². The van der Waals surface area contributed by atoms with Crippen molar-refractivity contribution in [3.05, 3.63) is 12.2 Å². The molecule has 0 aromatic heterocycles. The molecule has 0 aliphatic carbocycles. The van der Waals surface area contributed by atoms with Gasteiger partial charge in [-0.1, -0.05) is 25.5 Å². The molecule has 0 heterocycles. The second-order valence-corrected chi connectivity index (χ2v) is 2.36. The molecule has 0 aromatic carbocycles. The van der Waals surface area contributed by atoms with Gasteiger partial charge >= 0.3 is 0 Å². The largest absolute Gasteiger partial charge is 0.120 e. The molecule has 0 aliphatic heterocycles. The molecule has 0 N–H and O–H groups in total. The van der Waals surface area contributed by atoms with Crippen LogP contribution in [-0.2, 0) is 0 Å². The topological polar surface area (TPSA) is 0 Å². The monoisotopic (exact) mass is 136 g/mol. The fourth-order valence-corrected chi connectivity index (χ4v) is 0.724. The Balaban J connectivity index is 2.96. The Morgan fingerprint density at radius 1 is 1.30 bits per heavy atom. The zero-order valence-corrected chi connectivity index (χ0v) is 6.77. The predicted octanol–water partition coefficient (Wildman–Crippen LogP) is 3.15. The highest BCUT2D eigenvalue weighted by molar-refractivity contribution is 4.86. The van der Waals surface area contributed by atoms with Gasteiger partial charge in [-0.05, 0) is 19.3 Å². The first-order chi connectivity index (χ1) is 4.91. The Morgan fingerprint density at radius 2 is 2.00 bits per heavy atom. The molecule has 0 aromatic rings. The van der Waals surface area contributed by atoms with Gasteiger partial charge in [0.2, 0.25) is 0 Å². The van der Waals surface area contributed by atoms with Crippen molar-refractivity contribution in [2.24, 2.45) is 0 Å². The Kier molecular flexibility index (Phi) is 7.72. The van der Waals surface area contributed by atoms with E-state index in [1.165, 1.54) is 12.8 Å². The number of allylic oxidation sites excluding steroid dienone is 2. The van der Waals surface area contributed by atoms with Crippen LogP contribution >= 0.6 is 0 Å². The zero-order valence-electron chi connectivity index (χ0n) is 6.77. The maximum absolute atomic E-state index is 5.10. The first-order valence-corrected chi connectivity index (χ1v) is 4.00. The van der Waals surface area contributed by atoms with Crippen molar-refractivity contribution < 1.29 is 0 Å². The van der Waals surface area contributed by atoms with E-state index in [0.29, 0.717) is 0 Å². The van der Waals surface area contributed by atoms with Gasteiger partial charge in [0.1, 0.15) is 0 Å². The lowest BCUT2D eigenvalue weighted by Gasteiger charge is -1.87. The minimum Gasteiger partial charge on any atom is -0.120 e. The molecule has 10 heavy (non-hydrogen) atoms. The molecule has 56 valence electrons. The summed E-state index contributed by atoms with van der Waals surface area (Å²) in [7, 11) is 0.